The van der Waals surface area contributed by atoms with E-state index in [0.29, 0.717) is 5.69 Å². The van der Waals surface area contributed by atoms with Crippen LogP contribution in [0.15, 0.2) is 17.1 Å². The minimum atomic E-state index is 0.227. The van der Waals surface area contributed by atoms with E-state index >= 15 is 0 Å². The Bertz CT molecular complexity index is 580. The summed E-state index contributed by atoms with van der Waals surface area (Å²) in [6, 6.07) is 5.57. The second-order valence-electron chi connectivity index (χ2n) is 5.82. The van der Waals surface area contributed by atoms with Crippen molar-refractivity contribution in [2.24, 2.45) is 4.99 Å². The first-order valence-electron chi connectivity index (χ1n) is 7.05. The maximum Gasteiger partial charge on any atom is 0.163 e. The summed E-state index contributed by atoms with van der Waals surface area (Å²) in [7, 11) is 0. The minimum Gasteiger partial charge on any atom is -0.352 e. The van der Waals surface area contributed by atoms with E-state index in [1.807, 2.05) is 23.9 Å². The molecule has 0 unspecified atom stereocenters. The second-order valence-corrected chi connectivity index (χ2v) is 7.50. The highest BCUT2D eigenvalue weighted by atomic mass is 32.2. The number of piperazine rings is 1. The number of aromatic nitrogens is 2. The Morgan fingerprint density at radius 1 is 1.14 bits per heavy atom. The first-order valence-corrected chi connectivity index (χ1v) is 7.86. The van der Waals surface area contributed by atoms with Crippen LogP contribution in [0.2, 0.25) is 0 Å². The van der Waals surface area contributed by atoms with E-state index in [-0.39, 0.29) is 4.75 Å². The van der Waals surface area contributed by atoms with E-state index in [2.05, 4.69) is 38.8 Å². The largest absolute Gasteiger partial charge is 0.352 e. The fourth-order valence-corrected chi connectivity index (χ4v) is 3.48. The van der Waals surface area contributed by atoms with Gasteiger partial charge in [-0.05, 0) is 26.0 Å². The van der Waals surface area contributed by atoms with E-state index in [9.17, 15) is 0 Å². The molecule has 2 aliphatic heterocycles. The second kappa shape index (κ2) is 5.53. The molecule has 0 bridgehead atoms. The number of nitrogens with zero attached hydrogens (tertiary/aromatic N) is 6. The van der Waals surface area contributed by atoms with Crippen molar-refractivity contribution >= 4 is 22.7 Å². The lowest BCUT2D eigenvalue weighted by Crippen LogP contribution is -2.48. The van der Waals surface area contributed by atoms with Crippen LogP contribution in [0.3, 0.4) is 0 Å². The SMILES string of the molecule is CC1(C)CN=C(N2CCN(c3ccc(C#N)nn3)CC2)S1. The first kappa shape index (κ1) is 14.1. The number of nitriles is 1. The highest BCUT2D eigenvalue weighted by molar-refractivity contribution is 8.15. The van der Waals surface area contributed by atoms with Crippen LogP contribution in [-0.4, -0.2) is 57.7 Å². The van der Waals surface area contributed by atoms with Crippen molar-refractivity contribution in [3.8, 4) is 6.07 Å². The molecule has 0 saturated carbocycles. The number of amidine groups is 1. The highest BCUT2D eigenvalue weighted by Gasteiger charge is 2.31. The normalized spacial score (nSPS) is 21.1. The fraction of sp³-hybridized carbons (Fsp3) is 0.571. The summed E-state index contributed by atoms with van der Waals surface area (Å²) in [6.07, 6.45) is 0. The Balaban J connectivity index is 1.59. The van der Waals surface area contributed by atoms with Crippen LogP contribution in [0.5, 0.6) is 0 Å². The lowest BCUT2D eigenvalue weighted by Gasteiger charge is -2.36. The summed E-state index contributed by atoms with van der Waals surface area (Å²) in [6.45, 7) is 9.07. The molecule has 0 radical (unpaired) electrons. The average Bonchev–Trinajstić information content (AvgIpc) is 2.88. The highest BCUT2D eigenvalue weighted by Crippen LogP contribution is 2.33. The average molecular weight is 302 g/mol. The predicted octanol–water partition coefficient (Wildman–Crippen LogP) is 1.35. The zero-order valence-electron chi connectivity index (χ0n) is 12.3. The first-order chi connectivity index (χ1) is 10.1. The van der Waals surface area contributed by atoms with Gasteiger partial charge in [0.05, 0.1) is 6.54 Å². The number of anilines is 1. The number of hydrogen-bond donors (Lipinski definition) is 0. The lowest BCUT2D eigenvalue weighted by molar-refractivity contribution is 0.390. The third-order valence-corrected chi connectivity index (χ3v) is 4.85. The fourth-order valence-electron chi connectivity index (χ4n) is 2.41. The molecule has 0 amide bonds. The molecule has 6 nitrogen and oxygen atoms in total. The molecule has 110 valence electrons. The van der Waals surface area contributed by atoms with Gasteiger partial charge in [0.1, 0.15) is 6.07 Å². The summed E-state index contributed by atoms with van der Waals surface area (Å²) >= 11 is 1.87. The van der Waals surface area contributed by atoms with Crippen molar-refractivity contribution in [2.45, 2.75) is 18.6 Å². The molecule has 1 aromatic rings. The Hall–Kier alpha value is -1.81. The third kappa shape index (κ3) is 3.10. The van der Waals surface area contributed by atoms with Crippen LogP contribution >= 0.6 is 11.8 Å². The topological polar surface area (TPSA) is 68.4 Å². The molecule has 21 heavy (non-hydrogen) atoms. The van der Waals surface area contributed by atoms with E-state index in [4.69, 9.17) is 5.26 Å². The maximum absolute atomic E-state index is 8.75. The quantitative estimate of drug-likeness (QED) is 0.780. The monoisotopic (exact) mass is 302 g/mol. The Morgan fingerprint density at radius 3 is 2.38 bits per heavy atom. The van der Waals surface area contributed by atoms with Crippen LogP contribution in [0.1, 0.15) is 19.5 Å². The molecule has 7 heteroatoms. The molecule has 1 aromatic heterocycles. The summed E-state index contributed by atoms with van der Waals surface area (Å²) < 4.78 is 0.227. The molecular weight excluding hydrogens is 284 g/mol. The molecule has 3 rings (SSSR count). The van der Waals surface area contributed by atoms with Crippen LogP contribution in [0.4, 0.5) is 5.82 Å². The van der Waals surface area contributed by atoms with E-state index in [0.717, 1.165) is 38.5 Å². The van der Waals surface area contributed by atoms with Crippen LogP contribution in [0.25, 0.3) is 0 Å². The van der Waals surface area contributed by atoms with E-state index in [1.54, 1.807) is 6.07 Å². The smallest absolute Gasteiger partial charge is 0.163 e. The van der Waals surface area contributed by atoms with Gasteiger partial charge in [-0.2, -0.15) is 5.26 Å². The summed E-state index contributed by atoms with van der Waals surface area (Å²) in [5.74, 6) is 0.843. The van der Waals surface area contributed by atoms with Crippen molar-refractivity contribution in [1.29, 1.82) is 5.26 Å². The van der Waals surface area contributed by atoms with E-state index < -0.39 is 0 Å². The number of rotatable bonds is 1. The van der Waals surface area contributed by atoms with E-state index in [1.165, 1.54) is 5.17 Å². The molecule has 0 N–H and O–H groups in total. The summed E-state index contributed by atoms with van der Waals surface area (Å²) in [4.78, 5) is 9.21. The predicted molar refractivity (Wildman–Crippen MR) is 84.5 cm³/mol. The maximum atomic E-state index is 8.75. The molecule has 1 fully saturated rings. The molecule has 1 saturated heterocycles. The van der Waals surface area contributed by atoms with Gasteiger partial charge in [0.25, 0.3) is 0 Å². The van der Waals surface area contributed by atoms with Crippen molar-refractivity contribution in [2.75, 3.05) is 37.6 Å². The Morgan fingerprint density at radius 2 is 1.86 bits per heavy atom. The van der Waals surface area contributed by atoms with Gasteiger partial charge < -0.3 is 9.80 Å². The van der Waals surface area contributed by atoms with Gasteiger partial charge in [0.15, 0.2) is 16.7 Å². The lowest BCUT2D eigenvalue weighted by atomic mass is 10.2. The van der Waals surface area contributed by atoms with Crippen LogP contribution in [0, 0.1) is 11.3 Å². The molecule has 0 atom stereocenters. The molecular formula is C14H18N6S. The van der Waals surface area contributed by atoms with Gasteiger partial charge in [-0.15, -0.1) is 10.2 Å². The number of hydrogen-bond acceptors (Lipinski definition) is 7. The van der Waals surface area contributed by atoms with Crippen LogP contribution < -0.4 is 4.90 Å². The van der Waals surface area contributed by atoms with Crippen LogP contribution in [-0.2, 0) is 0 Å². The number of aliphatic imine (C=N–C) groups is 1. The zero-order chi connectivity index (χ0) is 14.9. The standard InChI is InChI=1S/C14H18N6S/c1-14(2)10-16-13(21-14)20-7-5-19(6-8-20)12-4-3-11(9-15)17-18-12/h3-4H,5-8,10H2,1-2H3. The molecule has 0 aliphatic carbocycles. The third-order valence-electron chi connectivity index (χ3n) is 3.60. The van der Waals surface area contributed by atoms with Gasteiger partial charge >= 0.3 is 0 Å². The zero-order valence-corrected chi connectivity index (χ0v) is 13.1. The summed E-state index contributed by atoms with van der Waals surface area (Å²) in [5, 5.41) is 17.9. The Labute approximate surface area is 128 Å². The number of thioether (sulfide) groups is 1. The molecule has 0 aromatic carbocycles. The van der Waals surface area contributed by atoms with Gasteiger partial charge in [0.2, 0.25) is 0 Å². The van der Waals surface area contributed by atoms with Gasteiger partial charge in [-0.25, -0.2) is 0 Å². The van der Waals surface area contributed by atoms with Gasteiger partial charge in [-0.1, -0.05) is 11.8 Å². The van der Waals surface area contributed by atoms with Gasteiger partial charge in [-0.3, -0.25) is 4.99 Å². The van der Waals surface area contributed by atoms with Gasteiger partial charge in [0, 0.05) is 30.9 Å². The molecule has 3 heterocycles. The molecule has 0 spiro atoms. The van der Waals surface area contributed by atoms with Crippen molar-refractivity contribution in [1.82, 2.24) is 15.1 Å². The molecule has 2 aliphatic rings. The Kier molecular flexibility index (Phi) is 3.72. The van der Waals surface area contributed by atoms with Crippen molar-refractivity contribution < 1.29 is 0 Å². The van der Waals surface area contributed by atoms with Crippen molar-refractivity contribution in [3.05, 3.63) is 17.8 Å². The minimum absolute atomic E-state index is 0.227. The van der Waals surface area contributed by atoms with Crippen molar-refractivity contribution in [3.63, 3.8) is 0 Å². The summed E-state index contributed by atoms with van der Waals surface area (Å²) in [5.41, 5.74) is 0.358.